The fraction of sp³-hybridized carbons (Fsp3) is 0.500. The molecule has 1 N–H and O–H groups in total. The third-order valence-electron chi connectivity index (χ3n) is 5.32. The van der Waals surface area contributed by atoms with E-state index in [9.17, 15) is 0 Å². The molecule has 0 radical (unpaired) electrons. The maximum absolute atomic E-state index is 5.56. The average molecular weight is 395 g/mol. The van der Waals surface area contributed by atoms with Crippen LogP contribution < -0.4 is 5.32 Å². The summed E-state index contributed by atoms with van der Waals surface area (Å²) in [7, 11) is 0. The van der Waals surface area contributed by atoms with Gasteiger partial charge in [-0.15, -0.1) is 15.3 Å². The number of ether oxygens (including phenoxy) is 1. The van der Waals surface area contributed by atoms with E-state index >= 15 is 0 Å². The molecule has 1 atom stereocenters. The fourth-order valence-electron chi connectivity index (χ4n) is 3.78. The quantitative estimate of drug-likeness (QED) is 0.717. The van der Waals surface area contributed by atoms with Crippen LogP contribution in [0.1, 0.15) is 43.8 Å². The Morgan fingerprint density at radius 1 is 1.10 bits per heavy atom. The van der Waals surface area contributed by atoms with Gasteiger partial charge in [-0.05, 0) is 24.6 Å². The summed E-state index contributed by atoms with van der Waals surface area (Å²) < 4.78 is 7.41. The Morgan fingerprint density at radius 3 is 2.62 bits per heavy atom. The van der Waals surface area contributed by atoms with Crippen LogP contribution in [0.2, 0.25) is 0 Å². The molecule has 1 aliphatic heterocycles. The molecule has 2 aromatic heterocycles. The lowest BCUT2D eigenvalue weighted by Crippen LogP contribution is -2.41. The Balaban J connectivity index is 1.58. The molecule has 0 saturated carbocycles. The number of benzene rings is 1. The molecule has 1 aliphatic rings. The van der Waals surface area contributed by atoms with E-state index in [1.54, 1.807) is 0 Å². The highest BCUT2D eigenvalue weighted by molar-refractivity contribution is 5.45. The summed E-state index contributed by atoms with van der Waals surface area (Å²) in [6.45, 7) is 12.7. The second kappa shape index (κ2) is 8.08. The van der Waals surface area contributed by atoms with Gasteiger partial charge in [0.25, 0.3) is 0 Å². The lowest BCUT2D eigenvalue weighted by molar-refractivity contribution is 0.0187. The Bertz CT molecular complexity index is 971. The number of aryl methyl sites for hydroxylation is 1. The zero-order valence-corrected chi connectivity index (χ0v) is 17.7. The van der Waals surface area contributed by atoms with Gasteiger partial charge in [-0.1, -0.05) is 50.6 Å². The van der Waals surface area contributed by atoms with Crippen molar-refractivity contribution < 1.29 is 4.74 Å². The second-order valence-electron chi connectivity index (χ2n) is 8.72. The molecule has 1 saturated heterocycles. The van der Waals surface area contributed by atoms with Gasteiger partial charge in [0.2, 0.25) is 0 Å². The van der Waals surface area contributed by atoms with Crippen molar-refractivity contribution in [2.24, 2.45) is 0 Å². The number of aromatic nitrogens is 4. The number of hydrogen-bond acceptors (Lipinski definition) is 6. The minimum absolute atomic E-state index is 0.122. The highest BCUT2D eigenvalue weighted by Gasteiger charge is 2.24. The summed E-state index contributed by atoms with van der Waals surface area (Å²) in [5.41, 5.74) is 3.24. The number of anilines is 1. The molecule has 0 amide bonds. The van der Waals surface area contributed by atoms with Crippen LogP contribution in [0.5, 0.6) is 0 Å². The molecule has 0 aliphatic carbocycles. The molecule has 1 fully saturated rings. The average Bonchev–Trinajstić information content (AvgIpc) is 3.13. The third-order valence-corrected chi connectivity index (χ3v) is 5.32. The third kappa shape index (κ3) is 4.41. The minimum Gasteiger partial charge on any atom is -0.379 e. The van der Waals surface area contributed by atoms with Gasteiger partial charge in [0.1, 0.15) is 5.82 Å². The molecule has 1 aromatic carbocycles. The first-order chi connectivity index (χ1) is 13.9. The van der Waals surface area contributed by atoms with Gasteiger partial charge in [-0.3, -0.25) is 4.90 Å². The summed E-state index contributed by atoms with van der Waals surface area (Å²) in [6.07, 6.45) is 0. The SMILES string of the molecule is Cc1cccc(C(CNc2ccc3nnc(C(C)(C)C)n3n2)N2CCOCC2)c1. The standard InChI is InChI=1S/C22H30N6O/c1-16-6-5-7-17(14-16)18(27-10-12-29-13-11-27)15-23-19-8-9-20-24-25-21(22(2,3)4)28(20)26-19/h5-9,14,18H,10-13,15H2,1-4H3,(H,23,26). The van der Waals surface area contributed by atoms with Crippen molar-refractivity contribution in [3.8, 4) is 0 Å². The number of nitrogens with zero attached hydrogens (tertiary/aromatic N) is 5. The highest BCUT2D eigenvalue weighted by atomic mass is 16.5. The van der Waals surface area contributed by atoms with Gasteiger partial charge in [0.05, 0.1) is 19.3 Å². The van der Waals surface area contributed by atoms with Crippen LogP contribution in [0.4, 0.5) is 5.82 Å². The maximum atomic E-state index is 5.56. The van der Waals surface area contributed by atoms with Crippen molar-refractivity contribution in [1.29, 1.82) is 0 Å². The number of fused-ring (bicyclic) bond motifs is 1. The van der Waals surface area contributed by atoms with E-state index in [1.807, 2.05) is 16.6 Å². The molecule has 29 heavy (non-hydrogen) atoms. The van der Waals surface area contributed by atoms with Crippen molar-refractivity contribution in [1.82, 2.24) is 24.7 Å². The smallest absolute Gasteiger partial charge is 0.178 e. The predicted octanol–water partition coefficient (Wildman–Crippen LogP) is 3.22. The van der Waals surface area contributed by atoms with Crippen LogP contribution in [0.15, 0.2) is 36.4 Å². The summed E-state index contributed by atoms with van der Waals surface area (Å²) in [6, 6.07) is 13.0. The van der Waals surface area contributed by atoms with Crippen LogP contribution >= 0.6 is 0 Å². The van der Waals surface area contributed by atoms with Crippen molar-refractivity contribution >= 4 is 11.5 Å². The molecular formula is C22H30N6O. The van der Waals surface area contributed by atoms with E-state index < -0.39 is 0 Å². The summed E-state index contributed by atoms with van der Waals surface area (Å²) in [5, 5.41) is 16.9. The lowest BCUT2D eigenvalue weighted by Gasteiger charge is -2.35. The normalized spacial score (nSPS) is 16.8. The number of morpholine rings is 1. The first-order valence-corrected chi connectivity index (χ1v) is 10.3. The first-order valence-electron chi connectivity index (χ1n) is 10.3. The first kappa shape index (κ1) is 19.8. The highest BCUT2D eigenvalue weighted by Crippen LogP contribution is 2.24. The lowest BCUT2D eigenvalue weighted by atomic mass is 9.96. The summed E-state index contributed by atoms with van der Waals surface area (Å²) in [4.78, 5) is 2.49. The van der Waals surface area contributed by atoms with Crippen LogP contribution in [-0.2, 0) is 10.2 Å². The Morgan fingerprint density at radius 2 is 1.90 bits per heavy atom. The van der Waals surface area contributed by atoms with E-state index in [-0.39, 0.29) is 11.5 Å². The molecule has 154 valence electrons. The van der Waals surface area contributed by atoms with E-state index in [4.69, 9.17) is 9.84 Å². The minimum atomic E-state index is -0.122. The molecule has 1 unspecified atom stereocenters. The Hall–Kier alpha value is -2.51. The predicted molar refractivity (Wildman–Crippen MR) is 114 cm³/mol. The largest absolute Gasteiger partial charge is 0.379 e. The Labute approximate surface area is 172 Å². The van der Waals surface area contributed by atoms with Crippen LogP contribution in [0, 0.1) is 6.92 Å². The van der Waals surface area contributed by atoms with Crippen molar-refractivity contribution in [2.45, 2.75) is 39.2 Å². The van der Waals surface area contributed by atoms with Crippen molar-refractivity contribution in [3.63, 3.8) is 0 Å². The zero-order chi connectivity index (χ0) is 20.4. The number of rotatable bonds is 5. The van der Waals surface area contributed by atoms with Gasteiger partial charge in [-0.25, -0.2) is 0 Å². The van der Waals surface area contributed by atoms with Crippen LogP contribution in [-0.4, -0.2) is 57.6 Å². The number of nitrogens with one attached hydrogen (secondary N) is 1. The molecule has 0 spiro atoms. The number of hydrogen-bond donors (Lipinski definition) is 1. The van der Waals surface area contributed by atoms with Gasteiger partial charge in [-0.2, -0.15) is 4.52 Å². The van der Waals surface area contributed by atoms with Crippen LogP contribution in [0.3, 0.4) is 0 Å². The molecule has 4 rings (SSSR count). The molecule has 3 aromatic rings. The van der Waals surface area contributed by atoms with Crippen molar-refractivity contribution in [2.75, 3.05) is 38.2 Å². The Kier molecular flexibility index (Phi) is 5.52. The van der Waals surface area contributed by atoms with E-state index in [1.165, 1.54) is 11.1 Å². The topological polar surface area (TPSA) is 67.6 Å². The molecule has 7 nitrogen and oxygen atoms in total. The van der Waals surface area contributed by atoms with Crippen molar-refractivity contribution in [3.05, 3.63) is 53.3 Å². The fourth-order valence-corrected chi connectivity index (χ4v) is 3.78. The summed E-state index contributed by atoms with van der Waals surface area (Å²) >= 11 is 0. The molecule has 3 heterocycles. The second-order valence-corrected chi connectivity index (χ2v) is 8.72. The monoisotopic (exact) mass is 394 g/mol. The molecule has 0 bridgehead atoms. The van der Waals surface area contributed by atoms with Crippen LogP contribution in [0.25, 0.3) is 5.65 Å². The van der Waals surface area contributed by atoms with Gasteiger partial charge in [0, 0.05) is 25.0 Å². The summed E-state index contributed by atoms with van der Waals surface area (Å²) in [5.74, 6) is 1.69. The maximum Gasteiger partial charge on any atom is 0.178 e. The molecule has 7 heteroatoms. The van der Waals surface area contributed by atoms with Gasteiger partial charge < -0.3 is 10.1 Å². The zero-order valence-electron chi connectivity index (χ0n) is 17.7. The van der Waals surface area contributed by atoms with E-state index in [2.05, 4.69) is 72.4 Å². The van der Waals surface area contributed by atoms with Gasteiger partial charge in [0.15, 0.2) is 11.5 Å². The van der Waals surface area contributed by atoms with E-state index in [0.29, 0.717) is 0 Å². The van der Waals surface area contributed by atoms with E-state index in [0.717, 1.165) is 50.1 Å². The van der Waals surface area contributed by atoms with Gasteiger partial charge >= 0.3 is 0 Å². The molecular weight excluding hydrogens is 364 g/mol.